The summed E-state index contributed by atoms with van der Waals surface area (Å²) >= 11 is 0. The maximum Gasteiger partial charge on any atom is 0.343 e. The van der Waals surface area contributed by atoms with Gasteiger partial charge in [-0.05, 0) is 60.9 Å². The van der Waals surface area contributed by atoms with Crippen molar-refractivity contribution in [2.75, 3.05) is 12.4 Å². The van der Waals surface area contributed by atoms with Gasteiger partial charge in [0.1, 0.15) is 0 Å². The van der Waals surface area contributed by atoms with Gasteiger partial charge in [-0.25, -0.2) is 10.2 Å². The summed E-state index contributed by atoms with van der Waals surface area (Å²) in [4.78, 5) is 36.6. The van der Waals surface area contributed by atoms with Crippen molar-refractivity contribution in [2.24, 2.45) is 5.10 Å². The summed E-state index contributed by atoms with van der Waals surface area (Å²) in [5.41, 5.74) is 5.70. The van der Waals surface area contributed by atoms with Crippen LogP contribution in [-0.4, -0.2) is 31.1 Å². The van der Waals surface area contributed by atoms with Gasteiger partial charge < -0.3 is 14.8 Å². The molecule has 8 heteroatoms. The van der Waals surface area contributed by atoms with E-state index in [2.05, 4.69) is 15.8 Å². The average molecular weight is 460 g/mol. The lowest BCUT2D eigenvalue weighted by molar-refractivity contribution is -0.136. The first-order chi connectivity index (χ1) is 16.4. The van der Waals surface area contributed by atoms with Crippen LogP contribution in [0.1, 0.15) is 34.0 Å². The number of ether oxygens (including phenoxy) is 2. The highest BCUT2D eigenvalue weighted by Gasteiger charge is 2.15. The molecule has 3 aromatic rings. The van der Waals surface area contributed by atoms with Crippen LogP contribution in [0.4, 0.5) is 5.69 Å². The summed E-state index contributed by atoms with van der Waals surface area (Å²) in [6, 6.07) is 19.0. The summed E-state index contributed by atoms with van der Waals surface area (Å²) in [7, 11) is 1.44. The molecule has 2 N–H and O–H groups in total. The number of carbonyl (C=O) groups is 3. The van der Waals surface area contributed by atoms with E-state index in [1.165, 1.54) is 13.3 Å². The van der Waals surface area contributed by atoms with Gasteiger partial charge in [0.2, 0.25) is 0 Å². The molecule has 0 saturated carbocycles. The Labute approximate surface area is 197 Å². The van der Waals surface area contributed by atoms with E-state index in [1.54, 1.807) is 42.5 Å². The summed E-state index contributed by atoms with van der Waals surface area (Å²) in [6.45, 7) is 3.89. The highest BCUT2D eigenvalue weighted by Crippen LogP contribution is 2.28. The number of carbonyl (C=O) groups excluding carboxylic acids is 3. The number of hydrazone groups is 1. The number of rotatable bonds is 7. The molecule has 174 valence electrons. The Bertz CT molecular complexity index is 1220. The van der Waals surface area contributed by atoms with E-state index >= 15 is 0 Å². The number of benzene rings is 3. The van der Waals surface area contributed by atoms with Crippen LogP contribution in [0, 0.1) is 6.92 Å². The summed E-state index contributed by atoms with van der Waals surface area (Å²) < 4.78 is 10.7. The zero-order valence-corrected chi connectivity index (χ0v) is 19.1. The lowest BCUT2D eigenvalue weighted by Crippen LogP contribution is -2.32. The number of esters is 1. The number of nitrogens with one attached hydrogen (secondary N) is 2. The van der Waals surface area contributed by atoms with Crippen LogP contribution in [0.3, 0.4) is 0 Å². The van der Waals surface area contributed by atoms with Crippen molar-refractivity contribution in [1.82, 2.24) is 5.43 Å². The van der Waals surface area contributed by atoms with E-state index in [9.17, 15) is 14.4 Å². The maximum absolute atomic E-state index is 12.4. The summed E-state index contributed by atoms with van der Waals surface area (Å²) in [5.74, 6) is -1.69. The molecular formula is C26H25N3O5. The molecule has 0 aliphatic heterocycles. The Morgan fingerprint density at radius 2 is 1.68 bits per heavy atom. The number of hydrogen-bond acceptors (Lipinski definition) is 6. The number of nitrogens with zero attached hydrogens (tertiary/aromatic N) is 1. The second-order valence-electron chi connectivity index (χ2n) is 7.33. The van der Waals surface area contributed by atoms with Gasteiger partial charge in [-0.2, -0.15) is 5.10 Å². The van der Waals surface area contributed by atoms with Crippen LogP contribution >= 0.6 is 0 Å². The lowest BCUT2D eigenvalue weighted by atomic mass is 10.1. The first-order valence-corrected chi connectivity index (χ1v) is 10.6. The van der Waals surface area contributed by atoms with Crippen molar-refractivity contribution in [3.8, 4) is 11.5 Å². The molecule has 34 heavy (non-hydrogen) atoms. The number of aryl methyl sites for hydroxylation is 2. The van der Waals surface area contributed by atoms with Crippen LogP contribution in [0.15, 0.2) is 71.8 Å². The third-order valence-electron chi connectivity index (χ3n) is 4.91. The Morgan fingerprint density at radius 1 is 0.941 bits per heavy atom. The molecule has 3 aromatic carbocycles. The molecule has 0 aromatic heterocycles. The van der Waals surface area contributed by atoms with Gasteiger partial charge in [0.05, 0.1) is 18.9 Å². The van der Waals surface area contributed by atoms with Crippen LogP contribution in [0.25, 0.3) is 0 Å². The van der Waals surface area contributed by atoms with E-state index in [4.69, 9.17) is 9.47 Å². The molecular weight excluding hydrogens is 434 g/mol. The fourth-order valence-corrected chi connectivity index (χ4v) is 3.04. The second-order valence-corrected chi connectivity index (χ2v) is 7.33. The molecule has 0 atom stereocenters. The molecule has 8 nitrogen and oxygen atoms in total. The third-order valence-corrected chi connectivity index (χ3v) is 4.91. The monoisotopic (exact) mass is 459 g/mol. The van der Waals surface area contributed by atoms with Crippen molar-refractivity contribution in [3.05, 3.63) is 89.0 Å². The molecule has 0 heterocycles. The first kappa shape index (κ1) is 24.2. The molecule has 3 rings (SSSR count). The minimum Gasteiger partial charge on any atom is -0.493 e. The molecule has 2 amide bonds. The molecule has 0 unspecified atom stereocenters. The van der Waals surface area contributed by atoms with Gasteiger partial charge in [0.15, 0.2) is 11.5 Å². The van der Waals surface area contributed by atoms with Crippen molar-refractivity contribution < 1.29 is 23.9 Å². The minimum atomic E-state index is -0.905. The van der Waals surface area contributed by atoms with Gasteiger partial charge in [-0.1, -0.05) is 42.8 Å². The lowest BCUT2D eigenvalue weighted by Gasteiger charge is -2.10. The van der Waals surface area contributed by atoms with Crippen molar-refractivity contribution in [1.29, 1.82) is 0 Å². The largest absolute Gasteiger partial charge is 0.493 e. The fourth-order valence-electron chi connectivity index (χ4n) is 3.04. The van der Waals surface area contributed by atoms with E-state index in [1.807, 2.05) is 38.1 Å². The van der Waals surface area contributed by atoms with Crippen LogP contribution in [0.2, 0.25) is 0 Å². The van der Waals surface area contributed by atoms with Crippen molar-refractivity contribution >= 4 is 29.7 Å². The molecule has 0 fully saturated rings. The van der Waals surface area contributed by atoms with Gasteiger partial charge in [-0.15, -0.1) is 0 Å². The maximum atomic E-state index is 12.4. The van der Waals surface area contributed by atoms with Crippen molar-refractivity contribution in [2.45, 2.75) is 20.3 Å². The quantitative estimate of drug-likeness (QED) is 0.183. The molecule has 0 aliphatic carbocycles. The number of anilines is 1. The molecule has 0 saturated heterocycles. The number of amides is 2. The Morgan fingerprint density at radius 3 is 2.38 bits per heavy atom. The number of para-hydroxylation sites is 1. The minimum absolute atomic E-state index is 0.239. The van der Waals surface area contributed by atoms with Crippen LogP contribution < -0.4 is 20.2 Å². The van der Waals surface area contributed by atoms with E-state index in [-0.39, 0.29) is 5.75 Å². The van der Waals surface area contributed by atoms with Gasteiger partial charge >= 0.3 is 17.8 Å². The number of methoxy groups -OCH3 is 1. The predicted molar refractivity (Wildman–Crippen MR) is 129 cm³/mol. The van der Waals surface area contributed by atoms with E-state index < -0.39 is 17.8 Å². The highest BCUT2D eigenvalue weighted by molar-refractivity contribution is 6.39. The Hall–Kier alpha value is -4.46. The zero-order valence-electron chi connectivity index (χ0n) is 19.1. The van der Waals surface area contributed by atoms with Crippen LogP contribution in [0.5, 0.6) is 11.5 Å². The summed E-state index contributed by atoms with van der Waals surface area (Å²) in [6.07, 6.45) is 2.06. The summed E-state index contributed by atoms with van der Waals surface area (Å²) in [5, 5.41) is 6.40. The predicted octanol–water partition coefficient (Wildman–Crippen LogP) is 3.87. The normalized spacial score (nSPS) is 10.6. The standard InChI is InChI=1S/C26H25N3O5/c1-4-19-7-5-6-8-21(19)28-24(30)25(31)29-27-16-18-11-14-22(23(15-18)33-3)34-26(32)20-12-9-17(2)10-13-20/h5-16H,4H2,1-3H3,(H,28,30)(H,29,31). The van der Waals surface area contributed by atoms with E-state index in [0.29, 0.717) is 29.0 Å². The molecule has 0 radical (unpaired) electrons. The second kappa shape index (κ2) is 11.4. The van der Waals surface area contributed by atoms with Crippen LogP contribution in [-0.2, 0) is 16.0 Å². The first-order valence-electron chi connectivity index (χ1n) is 10.6. The number of hydrogen-bond donors (Lipinski definition) is 2. The zero-order chi connectivity index (χ0) is 24.5. The average Bonchev–Trinajstić information content (AvgIpc) is 2.85. The fraction of sp³-hybridized carbons (Fsp3) is 0.154. The van der Waals surface area contributed by atoms with Gasteiger partial charge in [0.25, 0.3) is 0 Å². The Balaban J connectivity index is 1.61. The highest BCUT2D eigenvalue weighted by atomic mass is 16.6. The molecule has 0 spiro atoms. The van der Waals surface area contributed by atoms with Crippen molar-refractivity contribution in [3.63, 3.8) is 0 Å². The SMILES string of the molecule is CCc1ccccc1NC(=O)C(=O)NN=Cc1ccc(OC(=O)c2ccc(C)cc2)c(OC)c1. The van der Waals surface area contributed by atoms with Gasteiger partial charge in [0, 0.05) is 5.69 Å². The molecule has 0 aliphatic rings. The van der Waals surface area contributed by atoms with E-state index in [0.717, 1.165) is 11.1 Å². The topological polar surface area (TPSA) is 106 Å². The third kappa shape index (κ3) is 6.29. The molecule has 0 bridgehead atoms. The smallest absolute Gasteiger partial charge is 0.343 e. The Kier molecular flexibility index (Phi) is 8.12. The van der Waals surface area contributed by atoms with Gasteiger partial charge in [-0.3, -0.25) is 9.59 Å².